The Morgan fingerprint density at radius 2 is 2.10 bits per heavy atom. The van der Waals surface area contributed by atoms with Gasteiger partial charge in [0.15, 0.2) is 0 Å². The lowest BCUT2D eigenvalue weighted by atomic mass is 10.4. The summed E-state index contributed by atoms with van der Waals surface area (Å²) >= 11 is 8.70. The van der Waals surface area contributed by atoms with E-state index in [2.05, 4.69) is 4.98 Å². The van der Waals surface area contributed by atoms with Crippen molar-refractivity contribution in [3.63, 3.8) is 0 Å². The van der Waals surface area contributed by atoms with Gasteiger partial charge in [0.05, 0.1) is 28.0 Å². The maximum atomic E-state index is 12.6. The van der Waals surface area contributed by atoms with Crippen molar-refractivity contribution in [3.05, 3.63) is 31.9 Å². The molecule has 4 nitrogen and oxygen atoms in total. The first-order valence-electron chi connectivity index (χ1n) is 5.87. The van der Waals surface area contributed by atoms with Crippen LogP contribution in [-0.4, -0.2) is 24.8 Å². The average Bonchev–Trinajstić information content (AvgIpc) is 2.95. The van der Waals surface area contributed by atoms with E-state index >= 15 is 0 Å². The Labute approximate surface area is 132 Å². The minimum absolute atomic E-state index is 0.276. The lowest BCUT2D eigenvalue weighted by Gasteiger charge is -2.15. The molecule has 0 saturated heterocycles. The first kappa shape index (κ1) is 15.9. The third-order valence-corrected chi connectivity index (χ3v) is 7.17. The van der Waals surface area contributed by atoms with Crippen LogP contribution >= 0.6 is 34.3 Å². The second-order valence-corrected chi connectivity index (χ2v) is 9.07. The van der Waals surface area contributed by atoms with Crippen molar-refractivity contribution < 1.29 is 8.42 Å². The van der Waals surface area contributed by atoms with E-state index in [1.54, 1.807) is 20.0 Å². The number of alkyl halides is 1. The molecule has 2 aromatic heterocycles. The lowest BCUT2D eigenvalue weighted by Crippen LogP contribution is -2.26. The normalized spacial score (nSPS) is 12.2. The summed E-state index contributed by atoms with van der Waals surface area (Å²) in [5, 5.41) is 2.81. The molecule has 0 radical (unpaired) electrons. The van der Waals surface area contributed by atoms with E-state index in [4.69, 9.17) is 11.6 Å². The van der Waals surface area contributed by atoms with Gasteiger partial charge < -0.3 is 0 Å². The lowest BCUT2D eigenvalue weighted by molar-refractivity contribution is 0.462. The first-order chi connectivity index (χ1) is 9.34. The Balaban J connectivity index is 2.26. The number of rotatable bonds is 5. The number of aromatic nitrogens is 1. The molecule has 0 atom stereocenters. The van der Waals surface area contributed by atoms with Crippen molar-refractivity contribution in [1.82, 2.24) is 9.29 Å². The van der Waals surface area contributed by atoms with Gasteiger partial charge in [0, 0.05) is 22.2 Å². The number of thiophene rings is 1. The summed E-state index contributed by atoms with van der Waals surface area (Å²) in [7, 11) is -1.93. The molecule has 0 spiro atoms. The van der Waals surface area contributed by atoms with Crippen molar-refractivity contribution in [3.8, 4) is 0 Å². The molecule has 8 heteroatoms. The summed E-state index contributed by atoms with van der Waals surface area (Å²) in [6, 6.07) is 1.66. The van der Waals surface area contributed by atoms with Crippen LogP contribution in [0.15, 0.2) is 16.3 Å². The highest BCUT2D eigenvalue weighted by molar-refractivity contribution is 7.89. The molecule has 0 bridgehead atoms. The van der Waals surface area contributed by atoms with Crippen molar-refractivity contribution in [2.24, 2.45) is 0 Å². The van der Waals surface area contributed by atoms with Gasteiger partial charge in [-0.1, -0.05) is 0 Å². The number of hydrogen-bond acceptors (Lipinski definition) is 5. The zero-order valence-corrected chi connectivity index (χ0v) is 14.6. The molecule has 0 fully saturated rings. The van der Waals surface area contributed by atoms with Crippen LogP contribution in [0.4, 0.5) is 0 Å². The zero-order valence-electron chi connectivity index (χ0n) is 11.4. The van der Waals surface area contributed by atoms with Crippen molar-refractivity contribution in [1.29, 1.82) is 0 Å². The number of sulfonamides is 1. The molecule has 2 aromatic rings. The third-order valence-electron chi connectivity index (χ3n) is 2.79. The van der Waals surface area contributed by atoms with Crippen LogP contribution in [0.5, 0.6) is 0 Å². The summed E-state index contributed by atoms with van der Waals surface area (Å²) in [5.74, 6) is 0.329. The molecule has 0 amide bonds. The quantitative estimate of drug-likeness (QED) is 0.777. The molecule has 0 aliphatic heterocycles. The molecule has 0 N–H and O–H groups in total. The first-order valence-corrected chi connectivity index (χ1v) is 9.54. The molecule has 2 rings (SSSR count). The maximum Gasteiger partial charge on any atom is 0.244 e. The van der Waals surface area contributed by atoms with Gasteiger partial charge in [-0.25, -0.2) is 13.4 Å². The second-order valence-electron chi connectivity index (χ2n) is 4.39. The van der Waals surface area contributed by atoms with Crippen molar-refractivity contribution in [2.45, 2.75) is 31.2 Å². The number of hydrogen-bond donors (Lipinski definition) is 0. The number of nitrogens with zero attached hydrogens (tertiary/aromatic N) is 2. The van der Waals surface area contributed by atoms with Crippen molar-refractivity contribution >= 4 is 44.3 Å². The van der Waals surface area contributed by atoms with E-state index in [1.165, 1.54) is 27.0 Å². The third kappa shape index (κ3) is 3.23. The Hall–Kier alpha value is -0.470. The minimum Gasteiger partial charge on any atom is -0.245 e. The van der Waals surface area contributed by atoms with Crippen LogP contribution in [0.1, 0.15) is 20.5 Å². The SMILES string of the molecule is Cc1nc(CN(C)S(=O)(=O)c2cc(CCl)sc2C)cs1. The van der Waals surface area contributed by atoms with E-state index in [0.29, 0.717) is 10.8 Å². The fourth-order valence-corrected chi connectivity index (χ4v) is 5.24. The molecule has 0 saturated carbocycles. The predicted octanol–water partition coefficient (Wildman–Crippen LogP) is 3.38. The van der Waals surface area contributed by atoms with Crippen LogP contribution in [0.3, 0.4) is 0 Å². The highest BCUT2D eigenvalue weighted by Gasteiger charge is 2.25. The van der Waals surface area contributed by atoms with Crippen molar-refractivity contribution in [2.75, 3.05) is 7.05 Å². The summed E-state index contributed by atoms with van der Waals surface area (Å²) in [6.45, 7) is 3.98. The number of aryl methyl sites for hydroxylation is 2. The molecular formula is C12H15ClN2O2S3. The van der Waals surface area contributed by atoms with E-state index in [1.807, 2.05) is 12.3 Å². The van der Waals surface area contributed by atoms with Crippen LogP contribution in [0, 0.1) is 13.8 Å². The molecule has 110 valence electrons. The van der Waals surface area contributed by atoms with Crippen LogP contribution in [0.25, 0.3) is 0 Å². The van der Waals surface area contributed by atoms with Gasteiger partial charge in [-0.3, -0.25) is 0 Å². The summed E-state index contributed by atoms with van der Waals surface area (Å²) in [4.78, 5) is 6.26. The Morgan fingerprint density at radius 3 is 2.60 bits per heavy atom. The molecule has 20 heavy (non-hydrogen) atoms. The highest BCUT2D eigenvalue weighted by atomic mass is 35.5. The van der Waals surface area contributed by atoms with Crippen LogP contribution in [0.2, 0.25) is 0 Å². The van der Waals surface area contributed by atoms with Crippen LogP contribution < -0.4 is 0 Å². The molecule has 0 aliphatic rings. The zero-order chi connectivity index (χ0) is 14.9. The molecule has 0 aromatic carbocycles. The monoisotopic (exact) mass is 350 g/mol. The molecular weight excluding hydrogens is 336 g/mol. The molecule has 2 heterocycles. The summed E-state index contributed by atoms with van der Waals surface area (Å²) < 4.78 is 26.4. The minimum atomic E-state index is -3.50. The largest absolute Gasteiger partial charge is 0.245 e. The highest BCUT2D eigenvalue weighted by Crippen LogP contribution is 2.29. The van der Waals surface area contributed by atoms with Gasteiger partial charge in [-0.2, -0.15) is 4.31 Å². The fraction of sp³-hybridized carbons (Fsp3) is 0.417. The van der Waals surface area contributed by atoms with Crippen LogP contribution in [-0.2, 0) is 22.4 Å². The Bertz CT molecular complexity index is 706. The summed E-state index contributed by atoms with van der Waals surface area (Å²) in [6.07, 6.45) is 0. The number of thiazole rings is 1. The van der Waals surface area contributed by atoms with E-state index < -0.39 is 10.0 Å². The van der Waals surface area contributed by atoms with Gasteiger partial charge in [-0.15, -0.1) is 34.3 Å². The van der Waals surface area contributed by atoms with E-state index in [0.717, 1.165) is 20.5 Å². The van der Waals surface area contributed by atoms with E-state index in [9.17, 15) is 8.42 Å². The van der Waals surface area contributed by atoms with E-state index in [-0.39, 0.29) is 6.54 Å². The maximum absolute atomic E-state index is 12.6. The predicted molar refractivity (Wildman–Crippen MR) is 84.1 cm³/mol. The topological polar surface area (TPSA) is 50.3 Å². The Morgan fingerprint density at radius 1 is 1.40 bits per heavy atom. The fourth-order valence-electron chi connectivity index (χ4n) is 1.81. The van der Waals surface area contributed by atoms with Gasteiger partial charge >= 0.3 is 0 Å². The Kier molecular flexibility index (Phi) is 4.86. The second kappa shape index (κ2) is 6.11. The molecule has 0 aliphatic carbocycles. The van der Waals surface area contributed by atoms with Gasteiger partial charge in [0.1, 0.15) is 0 Å². The smallest absolute Gasteiger partial charge is 0.244 e. The standard InChI is InChI=1S/C12H15ClN2O2S3/c1-8-12(4-11(5-13)19-8)20(16,17)15(3)6-10-7-18-9(2)14-10/h4,7H,5-6H2,1-3H3. The molecule has 0 unspecified atom stereocenters. The van der Waals surface area contributed by atoms with Gasteiger partial charge in [0.2, 0.25) is 10.0 Å². The van der Waals surface area contributed by atoms with Gasteiger partial charge in [0.25, 0.3) is 0 Å². The average molecular weight is 351 g/mol. The summed E-state index contributed by atoms with van der Waals surface area (Å²) in [5.41, 5.74) is 0.768. The van der Waals surface area contributed by atoms with Gasteiger partial charge in [-0.05, 0) is 19.9 Å². The number of halogens is 1.